The van der Waals surface area contributed by atoms with E-state index in [1.165, 1.54) is 56.8 Å². The maximum atomic E-state index is 3.63. The van der Waals surface area contributed by atoms with Crippen LogP contribution in [0.15, 0.2) is 0 Å². The second-order valence-corrected chi connectivity index (χ2v) is 5.73. The van der Waals surface area contributed by atoms with E-state index in [9.17, 15) is 0 Å². The molecule has 0 amide bonds. The fourth-order valence-corrected chi connectivity index (χ4v) is 3.55. The Morgan fingerprint density at radius 1 is 1.14 bits per heavy atom. The summed E-state index contributed by atoms with van der Waals surface area (Å²) in [5.74, 6) is 3.72. The normalized spacial score (nSPS) is 29.6. The molecule has 0 saturated carbocycles. The van der Waals surface area contributed by atoms with E-state index in [-0.39, 0.29) is 0 Å². The Kier molecular flexibility index (Phi) is 4.61. The second-order valence-electron chi connectivity index (χ2n) is 4.51. The van der Waals surface area contributed by atoms with E-state index in [2.05, 4.69) is 22.4 Å². The molecule has 2 rings (SSSR count). The Labute approximate surface area is 91.6 Å². The van der Waals surface area contributed by atoms with Crippen LogP contribution in [-0.2, 0) is 0 Å². The highest BCUT2D eigenvalue weighted by Gasteiger charge is 2.16. The molecule has 0 radical (unpaired) electrons. The molecular weight excluding hydrogens is 192 g/mol. The van der Waals surface area contributed by atoms with E-state index in [1.54, 1.807) is 0 Å². The summed E-state index contributed by atoms with van der Waals surface area (Å²) in [6.07, 6.45) is 5.59. The van der Waals surface area contributed by atoms with Crippen LogP contribution in [0.25, 0.3) is 0 Å². The molecule has 14 heavy (non-hydrogen) atoms. The van der Waals surface area contributed by atoms with Gasteiger partial charge in [-0.25, -0.2) is 0 Å². The zero-order chi connectivity index (χ0) is 9.64. The summed E-state index contributed by atoms with van der Waals surface area (Å²) >= 11 is 2.12. The van der Waals surface area contributed by atoms with Gasteiger partial charge >= 0.3 is 0 Å². The molecule has 2 fully saturated rings. The first-order valence-corrected chi connectivity index (χ1v) is 7.12. The number of rotatable bonds is 4. The van der Waals surface area contributed by atoms with Gasteiger partial charge in [-0.3, -0.25) is 0 Å². The maximum Gasteiger partial charge on any atom is 0.0192 e. The first-order valence-electron chi connectivity index (χ1n) is 5.97. The molecule has 0 aromatic rings. The molecular formula is C11H22N2S. The van der Waals surface area contributed by atoms with Gasteiger partial charge < -0.3 is 10.6 Å². The average molecular weight is 214 g/mol. The molecule has 1 unspecified atom stereocenters. The highest BCUT2D eigenvalue weighted by molar-refractivity contribution is 7.99. The minimum Gasteiger partial charge on any atom is -0.315 e. The van der Waals surface area contributed by atoms with Crippen LogP contribution in [0.3, 0.4) is 0 Å². The zero-order valence-corrected chi connectivity index (χ0v) is 9.74. The molecule has 2 N–H and O–H groups in total. The van der Waals surface area contributed by atoms with Gasteiger partial charge in [-0.2, -0.15) is 11.8 Å². The van der Waals surface area contributed by atoms with Gasteiger partial charge in [0, 0.05) is 12.6 Å². The third-order valence-corrected chi connectivity index (χ3v) is 4.38. The van der Waals surface area contributed by atoms with Crippen LogP contribution < -0.4 is 10.6 Å². The van der Waals surface area contributed by atoms with Crippen LogP contribution in [0.1, 0.15) is 25.7 Å². The van der Waals surface area contributed by atoms with Crippen LogP contribution in [0, 0.1) is 5.92 Å². The molecule has 1 atom stereocenters. The monoisotopic (exact) mass is 214 g/mol. The van der Waals surface area contributed by atoms with Crippen molar-refractivity contribution < 1.29 is 0 Å². The second kappa shape index (κ2) is 5.99. The van der Waals surface area contributed by atoms with Gasteiger partial charge in [-0.05, 0) is 56.2 Å². The molecule has 2 heterocycles. The van der Waals surface area contributed by atoms with E-state index in [4.69, 9.17) is 0 Å². The SMILES string of the molecule is C1CNC(CNCC2CCSCC2)C1. The Morgan fingerprint density at radius 2 is 2.00 bits per heavy atom. The summed E-state index contributed by atoms with van der Waals surface area (Å²) in [6, 6.07) is 0.757. The number of thioether (sulfide) groups is 1. The fraction of sp³-hybridized carbons (Fsp3) is 1.00. The van der Waals surface area contributed by atoms with Crippen molar-refractivity contribution in [1.82, 2.24) is 10.6 Å². The van der Waals surface area contributed by atoms with E-state index >= 15 is 0 Å². The lowest BCUT2D eigenvalue weighted by atomic mass is 10.0. The van der Waals surface area contributed by atoms with Crippen LogP contribution in [-0.4, -0.2) is 37.2 Å². The topological polar surface area (TPSA) is 24.1 Å². The molecule has 3 heteroatoms. The van der Waals surface area contributed by atoms with Gasteiger partial charge in [-0.1, -0.05) is 0 Å². The van der Waals surface area contributed by atoms with Crippen LogP contribution in [0.2, 0.25) is 0 Å². The Bertz CT molecular complexity index is 151. The molecule has 0 aromatic heterocycles. The molecule has 2 saturated heterocycles. The van der Waals surface area contributed by atoms with Crippen molar-refractivity contribution in [3.05, 3.63) is 0 Å². The molecule has 2 aliphatic rings. The van der Waals surface area contributed by atoms with Gasteiger partial charge in [0.1, 0.15) is 0 Å². The van der Waals surface area contributed by atoms with Crippen molar-refractivity contribution in [2.45, 2.75) is 31.7 Å². The molecule has 0 bridgehead atoms. The van der Waals surface area contributed by atoms with E-state index < -0.39 is 0 Å². The molecule has 82 valence electrons. The Balaban J connectivity index is 1.52. The summed E-state index contributed by atoms with van der Waals surface area (Å²) in [5.41, 5.74) is 0. The third-order valence-electron chi connectivity index (χ3n) is 3.33. The summed E-state index contributed by atoms with van der Waals surface area (Å²) < 4.78 is 0. The van der Waals surface area contributed by atoms with Crippen molar-refractivity contribution in [3.8, 4) is 0 Å². The molecule has 2 aliphatic heterocycles. The molecule has 0 spiro atoms. The quantitative estimate of drug-likeness (QED) is 0.741. The van der Waals surface area contributed by atoms with Gasteiger partial charge in [0.15, 0.2) is 0 Å². The van der Waals surface area contributed by atoms with Crippen molar-refractivity contribution in [2.75, 3.05) is 31.1 Å². The van der Waals surface area contributed by atoms with Crippen molar-refractivity contribution in [2.24, 2.45) is 5.92 Å². The minimum atomic E-state index is 0.757. The number of hydrogen-bond donors (Lipinski definition) is 2. The predicted molar refractivity (Wildman–Crippen MR) is 63.9 cm³/mol. The Morgan fingerprint density at radius 3 is 2.71 bits per heavy atom. The maximum absolute atomic E-state index is 3.63. The zero-order valence-electron chi connectivity index (χ0n) is 8.93. The minimum absolute atomic E-state index is 0.757. The summed E-state index contributed by atoms with van der Waals surface area (Å²) in [5, 5.41) is 7.15. The fourth-order valence-electron chi connectivity index (χ4n) is 2.34. The smallest absolute Gasteiger partial charge is 0.0192 e. The largest absolute Gasteiger partial charge is 0.315 e. The van der Waals surface area contributed by atoms with Crippen molar-refractivity contribution >= 4 is 11.8 Å². The van der Waals surface area contributed by atoms with Crippen LogP contribution >= 0.6 is 11.8 Å². The lowest BCUT2D eigenvalue weighted by Gasteiger charge is -2.22. The van der Waals surface area contributed by atoms with Gasteiger partial charge in [0.25, 0.3) is 0 Å². The lowest BCUT2D eigenvalue weighted by Crippen LogP contribution is -2.36. The van der Waals surface area contributed by atoms with Crippen molar-refractivity contribution in [3.63, 3.8) is 0 Å². The summed E-state index contributed by atoms with van der Waals surface area (Å²) in [6.45, 7) is 3.66. The van der Waals surface area contributed by atoms with Gasteiger partial charge in [0.05, 0.1) is 0 Å². The predicted octanol–water partition coefficient (Wildman–Crippen LogP) is 1.47. The Hall–Kier alpha value is 0.270. The van der Waals surface area contributed by atoms with Gasteiger partial charge in [-0.15, -0.1) is 0 Å². The first kappa shape index (κ1) is 10.8. The summed E-state index contributed by atoms with van der Waals surface area (Å²) in [7, 11) is 0. The number of hydrogen-bond acceptors (Lipinski definition) is 3. The molecule has 2 nitrogen and oxygen atoms in total. The highest BCUT2D eigenvalue weighted by atomic mass is 32.2. The van der Waals surface area contributed by atoms with E-state index in [0.717, 1.165) is 12.0 Å². The van der Waals surface area contributed by atoms with E-state index in [1.807, 2.05) is 0 Å². The average Bonchev–Trinajstić information content (AvgIpc) is 2.72. The standard InChI is InChI=1S/C11H22N2S/c1-2-11(13-5-1)9-12-8-10-3-6-14-7-4-10/h10-13H,1-9H2. The molecule has 0 aromatic carbocycles. The number of nitrogens with one attached hydrogen (secondary N) is 2. The first-order chi connectivity index (χ1) is 6.95. The summed E-state index contributed by atoms with van der Waals surface area (Å²) in [4.78, 5) is 0. The molecule has 0 aliphatic carbocycles. The highest BCUT2D eigenvalue weighted by Crippen LogP contribution is 2.21. The lowest BCUT2D eigenvalue weighted by molar-refractivity contribution is 0.428. The van der Waals surface area contributed by atoms with Crippen LogP contribution in [0.4, 0.5) is 0 Å². The third kappa shape index (κ3) is 3.44. The van der Waals surface area contributed by atoms with Crippen molar-refractivity contribution in [1.29, 1.82) is 0 Å². The van der Waals surface area contributed by atoms with Crippen LogP contribution in [0.5, 0.6) is 0 Å². The van der Waals surface area contributed by atoms with Gasteiger partial charge in [0.2, 0.25) is 0 Å². The van der Waals surface area contributed by atoms with E-state index in [0.29, 0.717) is 0 Å².